The quantitative estimate of drug-likeness (QED) is 0.473. The van der Waals surface area contributed by atoms with Crippen molar-refractivity contribution in [2.75, 3.05) is 6.61 Å². The van der Waals surface area contributed by atoms with Gasteiger partial charge in [0.25, 0.3) is 10.0 Å². The maximum absolute atomic E-state index is 12.3. The van der Waals surface area contributed by atoms with Crippen molar-refractivity contribution in [1.29, 1.82) is 0 Å². The van der Waals surface area contributed by atoms with E-state index in [0.717, 1.165) is 0 Å². The first-order valence-electron chi connectivity index (χ1n) is 6.72. The summed E-state index contributed by atoms with van der Waals surface area (Å²) >= 11 is 3.17. The van der Waals surface area contributed by atoms with E-state index in [1.807, 2.05) is 10.3 Å². The zero-order valence-electron chi connectivity index (χ0n) is 12.8. The van der Waals surface area contributed by atoms with Gasteiger partial charge in [0.2, 0.25) is 0 Å². The van der Waals surface area contributed by atoms with Crippen LogP contribution in [0.5, 0.6) is 5.75 Å². The second-order valence-electron chi connectivity index (χ2n) is 4.71. The SMILES string of the molecule is CCOc1ccc(Br)cc1S(=O)(=O)NNC(=O)C(=O)NC(C)C. The lowest BCUT2D eigenvalue weighted by atomic mass is 10.3. The molecule has 0 bridgehead atoms. The van der Waals surface area contributed by atoms with Crippen LogP contribution < -0.4 is 20.3 Å². The molecule has 0 unspecified atom stereocenters. The topological polar surface area (TPSA) is 114 Å². The molecule has 3 N–H and O–H groups in total. The molecule has 0 saturated carbocycles. The van der Waals surface area contributed by atoms with Gasteiger partial charge >= 0.3 is 11.8 Å². The molecule has 1 aromatic rings. The van der Waals surface area contributed by atoms with E-state index in [2.05, 4.69) is 21.2 Å². The van der Waals surface area contributed by atoms with Crippen molar-refractivity contribution >= 4 is 37.8 Å². The molecular weight excluding hydrogens is 390 g/mol. The van der Waals surface area contributed by atoms with Gasteiger partial charge in [-0.1, -0.05) is 15.9 Å². The lowest BCUT2D eigenvalue weighted by Crippen LogP contribution is -2.49. The average molecular weight is 408 g/mol. The summed E-state index contributed by atoms with van der Waals surface area (Å²) in [5, 5.41) is 2.34. The van der Waals surface area contributed by atoms with Crippen molar-refractivity contribution in [3.8, 4) is 5.75 Å². The minimum atomic E-state index is -4.11. The van der Waals surface area contributed by atoms with Crippen LogP contribution in [0.3, 0.4) is 0 Å². The van der Waals surface area contributed by atoms with Crippen molar-refractivity contribution in [2.45, 2.75) is 31.7 Å². The Morgan fingerprint density at radius 1 is 1.26 bits per heavy atom. The zero-order valence-corrected chi connectivity index (χ0v) is 15.2. The molecule has 0 radical (unpaired) electrons. The third-order valence-corrected chi connectivity index (χ3v) is 4.18. The van der Waals surface area contributed by atoms with Crippen LogP contribution in [0.15, 0.2) is 27.6 Å². The summed E-state index contributed by atoms with van der Waals surface area (Å²) in [5.41, 5.74) is 1.86. The van der Waals surface area contributed by atoms with E-state index < -0.39 is 21.8 Å². The lowest BCUT2D eigenvalue weighted by molar-refractivity contribution is -0.139. The number of hydrogen-bond donors (Lipinski definition) is 3. The van der Waals surface area contributed by atoms with Crippen molar-refractivity contribution < 1.29 is 22.7 Å². The highest BCUT2D eigenvalue weighted by atomic mass is 79.9. The largest absolute Gasteiger partial charge is 0.492 e. The van der Waals surface area contributed by atoms with Gasteiger partial charge in [0, 0.05) is 10.5 Å². The Hall–Kier alpha value is -1.65. The van der Waals surface area contributed by atoms with Gasteiger partial charge in [-0.3, -0.25) is 15.0 Å². The minimum absolute atomic E-state index is 0.129. The second-order valence-corrected chi connectivity index (χ2v) is 7.28. The number of ether oxygens (including phenoxy) is 1. The Morgan fingerprint density at radius 3 is 2.48 bits per heavy atom. The number of hydrazine groups is 1. The van der Waals surface area contributed by atoms with Crippen LogP contribution in [0, 0.1) is 0 Å². The highest BCUT2D eigenvalue weighted by molar-refractivity contribution is 9.10. The molecule has 8 nitrogen and oxygen atoms in total. The van der Waals surface area contributed by atoms with Gasteiger partial charge in [-0.15, -0.1) is 4.83 Å². The van der Waals surface area contributed by atoms with Crippen molar-refractivity contribution in [2.24, 2.45) is 0 Å². The second kappa shape index (κ2) is 8.27. The number of rotatable bonds is 6. The molecule has 128 valence electrons. The van der Waals surface area contributed by atoms with E-state index in [-0.39, 0.29) is 23.3 Å². The summed E-state index contributed by atoms with van der Waals surface area (Å²) in [6.45, 7) is 5.33. The molecule has 0 heterocycles. The highest BCUT2D eigenvalue weighted by Gasteiger charge is 2.23. The summed E-state index contributed by atoms with van der Waals surface area (Å²) < 4.78 is 30.3. The Kier molecular flexibility index (Phi) is 6.98. The molecule has 0 fully saturated rings. The first-order chi connectivity index (χ1) is 10.7. The Labute approximate surface area is 143 Å². The number of benzene rings is 1. The first kappa shape index (κ1) is 19.4. The van der Waals surface area contributed by atoms with Crippen LogP contribution >= 0.6 is 15.9 Å². The first-order valence-corrected chi connectivity index (χ1v) is 9.00. The van der Waals surface area contributed by atoms with Gasteiger partial charge < -0.3 is 10.1 Å². The van der Waals surface area contributed by atoms with E-state index in [1.165, 1.54) is 12.1 Å². The van der Waals surface area contributed by atoms with Gasteiger partial charge in [-0.25, -0.2) is 8.42 Å². The van der Waals surface area contributed by atoms with Gasteiger partial charge in [0.05, 0.1) is 6.61 Å². The molecule has 0 saturated heterocycles. The number of amides is 2. The van der Waals surface area contributed by atoms with E-state index in [0.29, 0.717) is 4.47 Å². The van der Waals surface area contributed by atoms with Gasteiger partial charge in [-0.2, -0.15) is 0 Å². The molecule has 0 atom stereocenters. The Morgan fingerprint density at radius 2 is 1.91 bits per heavy atom. The monoisotopic (exact) mass is 407 g/mol. The number of nitrogens with one attached hydrogen (secondary N) is 3. The highest BCUT2D eigenvalue weighted by Crippen LogP contribution is 2.27. The normalized spacial score (nSPS) is 11.2. The summed E-state index contributed by atoms with van der Waals surface area (Å²) in [6.07, 6.45) is 0. The van der Waals surface area contributed by atoms with Gasteiger partial charge in [-0.05, 0) is 39.0 Å². The minimum Gasteiger partial charge on any atom is -0.492 e. The van der Waals surface area contributed by atoms with Crippen LogP contribution in [0.4, 0.5) is 0 Å². The number of carbonyl (C=O) groups is 2. The molecule has 0 spiro atoms. The molecule has 0 aliphatic heterocycles. The van der Waals surface area contributed by atoms with Crippen LogP contribution in [-0.2, 0) is 19.6 Å². The summed E-state index contributed by atoms with van der Waals surface area (Å²) in [7, 11) is -4.11. The molecule has 0 aromatic heterocycles. The molecule has 10 heteroatoms. The fraction of sp³-hybridized carbons (Fsp3) is 0.385. The Bertz CT molecular complexity index is 691. The molecule has 0 aliphatic rings. The lowest BCUT2D eigenvalue weighted by Gasteiger charge is -2.13. The average Bonchev–Trinajstić information content (AvgIpc) is 2.46. The molecular formula is C13H18BrN3O5S. The van der Waals surface area contributed by atoms with Gasteiger partial charge in [0.1, 0.15) is 10.6 Å². The molecule has 0 aliphatic carbocycles. The summed E-state index contributed by atoms with van der Waals surface area (Å²) in [4.78, 5) is 24.7. The zero-order chi connectivity index (χ0) is 17.6. The number of hydrogen-bond acceptors (Lipinski definition) is 5. The number of carbonyl (C=O) groups excluding carboxylic acids is 2. The fourth-order valence-electron chi connectivity index (χ4n) is 1.52. The standard InChI is InChI=1S/C13H18BrN3O5S/c1-4-22-10-6-5-9(14)7-11(10)23(20,21)17-16-13(19)12(18)15-8(2)3/h5-8,17H,4H2,1-3H3,(H,15,18)(H,16,19). The predicted octanol–water partition coefficient (Wildman–Crippen LogP) is 0.682. The summed E-state index contributed by atoms with van der Waals surface area (Å²) in [6, 6.07) is 4.18. The molecule has 1 rings (SSSR count). The maximum Gasteiger partial charge on any atom is 0.324 e. The smallest absolute Gasteiger partial charge is 0.324 e. The van der Waals surface area contributed by atoms with Crippen LogP contribution in [0.2, 0.25) is 0 Å². The summed E-state index contributed by atoms with van der Waals surface area (Å²) in [5.74, 6) is -1.93. The third kappa shape index (κ3) is 5.81. The third-order valence-electron chi connectivity index (χ3n) is 2.42. The van der Waals surface area contributed by atoms with E-state index >= 15 is 0 Å². The molecule has 2 amide bonds. The predicted molar refractivity (Wildman–Crippen MR) is 87.1 cm³/mol. The fourth-order valence-corrected chi connectivity index (χ4v) is 3.04. The van der Waals surface area contributed by atoms with Crippen LogP contribution in [-0.4, -0.2) is 32.9 Å². The van der Waals surface area contributed by atoms with Gasteiger partial charge in [0.15, 0.2) is 0 Å². The van der Waals surface area contributed by atoms with Crippen LogP contribution in [0.25, 0.3) is 0 Å². The van der Waals surface area contributed by atoms with E-state index in [4.69, 9.17) is 4.74 Å². The maximum atomic E-state index is 12.3. The Balaban J connectivity index is 2.90. The number of sulfonamides is 1. The van der Waals surface area contributed by atoms with Crippen LogP contribution in [0.1, 0.15) is 20.8 Å². The van der Waals surface area contributed by atoms with E-state index in [1.54, 1.807) is 26.8 Å². The molecule has 1 aromatic carbocycles. The van der Waals surface area contributed by atoms with E-state index in [9.17, 15) is 18.0 Å². The van der Waals surface area contributed by atoms with Crippen molar-refractivity contribution in [1.82, 2.24) is 15.6 Å². The van der Waals surface area contributed by atoms with Crippen molar-refractivity contribution in [3.05, 3.63) is 22.7 Å². The molecule has 23 heavy (non-hydrogen) atoms. The van der Waals surface area contributed by atoms with Crippen molar-refractivity contribution in [3.63, 3.8) is 0 Å². The number of halogens is 1.